The lowest BCUT2D eigenvalue weighted by Gasteiger charge is -2.42. The van der Waals surface area contributed by atoms with E-state index >= 15 is 0 Å². The zero-order chi connectivity index (χ0) is 17.8. The van der Waals surface area contributed by atoms with E-state index in [0.29, 0.717) is 12.5 Å². The van der Waals surface area contributed by atoms with E-state index in [0.717, 1.165) is 37.0 Å². The summed E-state index contributed by atoms with van der Waals surface area (Å²) >= 11 is 0. The van der Waals surface area contributed by atoms with Crippen molar-refractivity contribution in [1.29, 1.82) is 0 Å². The molecule has 3 saturated carbocycles. The fourth-order valence-electron chi connectivity index (χ4n) is 5.96. The van der Waals surface area contributed by atoms with Gasteiger partial charge in [0.2, 0.25) is 0 Å². The van der Waals surface area contributed by atoms with E-state index in [2.05, 4.69) is 0 Å². The number of hydrogen-bond donors (Lipinski definition) is 1. The summed E-state index contributed by atoms with van der Waals surface area (Å²) in [5.41, 5.74) is 0. The van der Waals surface area contributed by atoms with Crippen molar-refractivity contribution in [3.63, 3.8) is 0 Å². The van der Waals surface area contributed by atoms with Crippen LogP contribution in [0, 0.1) is 29.6 Å². The highest BCUT2D eigenvalue weighted by atomic mass is 19.2. The number of halogens is 3. The molecule has 0 radical (unpaired) electrons. The summed E-state index contributed by atoms with van der Waals surface area (Å²) < 4.78 is 40.8. The van der Waals surface area contributed by atoms with Gasteiger partial charge in [0.05, 0.1) is 0 Å². The zero-order valence-electron chi connectivity index (χ0n) is 15.4. The summed E-state index contributed by atoms with van der Waals surface area (Å²) in [7, 11) is 0. The summed E-state index contributed by atoms with van der Waals surface area (Å²) in [5, 5.41) is 8.96. The van der Waals surface area contributed by atoms with Gasteiger partial charge in [-0.05, 0) is 93.8 Å². The molecule has 3 fully saturated rings. The fraction of sp³-hybridized carbons (Fsp3) is 1.00. The monoisotopic (exact) mass is 360 g/mol. The van der Waals surface area contributed by atoms with Crippen molar-refractivity contribution in [2.75, 3.05) is 6.61 Å². The van der Waals surface area contributed by atoms with Gasteiger partial charge in [-0.25, -0.2) is 13.2 Å². The van der Waals surface area contributed by atoms with Crippen molar-refractivity contribution in [1.82, 2.24) is 0 Å². The van der Waals surface area contributed by atoms with E-state index in [4.69, 9.17) is 5.11 Å². The van der Waals surface area contributed by atoms with Crippen LogP contribution in [0.2, 0.25) is 0 Å². The highest BCUT2D eigenvalue weighted by molar-refractivity contribution is 4.91. The lowest BCUT2D eigenvalue weighted by molar-refractivity contribution is -0.00709. The molecule has 3 aliphatic carbocycles. The maximum atomic E-state index is 13.7. The Morgan fingerprint density at radius 3 is 1.56 bits per heavy atom. The second-order valence-electron chi connectivity index (χ2n) is 9.03. The molecule has 1 N–H and O–H groups in total. The van der Waals surface area contributed by atoms with Gasteiger partial charge in [0.25, 0.3) is 0 Å². The molecule has 0 amide bonds. The van der Waals surface area contributed by atoms with Crippen molar-refractivity contribution in [3.05, 3.63) is 0 Å². The van der Waals surface area contributed by atoms with Crippen LogP contribution in [0.5, 0.6) is 0 Å². The molecule has 0 aromatic heterocycles. The molecular weight excluding hydrogens is 325 g/mol. The molecule has 2 atom stereocenters. The Balaban J connectivity index is 1.40. The van der Waals surface area contributed by atoms with Gasteiger partial charge in [-0.15, -0.1) is 0 Å². The van der Waals surface area contributed by atoms with Crippen LogP contribution in [0.15, 0.2) is 0 Å². The number of rotatable bonds is 5. The van der Waals surface area contributed by atoms with Crippen molar-refractivity contribution < 1.29 is 18.3 Å². The summed E-state index contributed by atoms with van der Waals surface area (Å²) in [5.74, 6) is 2.87. The van der Waals surface area contributed by atoms with Crippen LogP contribution in [0.1, 0.15) is 77.0 Å². The zero-order valence-corrected chi connectivity index (χ0v) is 15.4. The summed E-state index contributed by atoms with van der Waals surface area (Å²) in [6.45, 7) is 0.313. The van der Waals surface area contributed by atoms with Gasteiger partial charge in [0.1, 0.15) is 12.3 Å². The van der Waals surface area contributed by atoms with E-state index in [1.54, 1.807) is 0 Å². The standard InChI is InChI=1S/C21H35F3O/c22-19-12-18(13-20(23)21(19)24)17-9-7-16(8-10-17)15-5-3-14(4-6-15)2-1-11-25/h14-21,25H,1-13H2. The van der Waals surface area contributed by atoms with Crippen LogP contribution in [0.4, 0.5) is 13.2 Å². The summed E-state index contributed by atoms with van der Waals surface area (Å²) in [4.78, 5) is 0. The molecule has 0 saturated heterocycles. The van der Waals surface area contributed by atoms with Crippen molar-refractivity contribution in [2.45, 2.75) is 95.6 Å². The highest BCUT2D eigenvalue weighted by Gasteiger charge is 2.42. The second kappa shape index (κ2) is 9.10. The first kappa shape index (κ1) is 19.5. The normalized spacial score (nSPS) is 46.1. The van der Waals surface area contributed by atoms with Crippen LogP contribution in [-0.2, 0) is 0 Å². The third-order valence-electron chi connectivity index (χ3n) is 7.56. The van der Waals surface area contributed by atoms with E-state index < -0.39 is 18.5 Å². The van der Waals surface area contributed by atoms with E-state index in [-0.39, 0.29) is 18.8 Å². The quantitative estimate of drug-likeness (QED) is 0.657. The van der Waals surface area contributed by atoms with Crippen LogP contribution >= 0.6 is 0 Å². The Morgan fingerprint density at radius 2 is 1.08 bits per heavy atom. The molecule has 0 heterocycles. The average molecular weight is 361 g/mol. The minimum absolute atomic E-state index is 0.0483. The van der Waals surface area contributed by atoms with E-state index in [9.17, 15) is 13.2 Å². The molecule has 3 aliphatic rings. The molecule has 0 spiro atoms. The highest BCUT2D eigenvalue weighted by Crippen LogP contribution is 2.46. The molecule has 0 bridgehead atoms. The molecule has 3 rings (SSSR count). The number of aliphatic hydroxyl groups is 1. The Bertz CT molecular complexity index is 377. The molecule has 4 heteroatoms. The number of aliphatic hydroxyl groups excluding tert-OH is 1. The van der Waals surface area contributed by atoms with Gasteiger partial charge < -0.3 is 5.11 Å². The van der Waals surface area contributed by atoms with Gasteiger partial charge in [0.15, 0.2) is 6.17 Å². The Kier molecular flexibility index (Phi) is 7.10. The largest absolute Gasteiger partial charge is 0.396 e. The third kappa shape index (κ3) is 4.93. The molecule has 0 aliphatic heterocycles. The van der Waals surface area contributed by atoms with Gasteiger partial charge in [-0.1, -0.05) is 12.8 Å². The molecule has 0 aromatic rings. The molecule has 146 valence electrons. The van der Waals surface area contributed by atoms with E-state index in [1.807, 2.05) is 0 Å². The van der Waals surface area contributed by atoms with Gasteiger partial charge >= 0.3 is 0 Å². The predicted molar refractivity (Wildman–Crippen MR) is 94.6 cm³/mol. The summed E-state index contributed by atoms with van der Waals surface area (Å²) in [6, 6.07) is 0. The lowest BCUT2D eigenvalue weighted by atomic mass is 9.65. The van der Waals surface area contributed by atoms with Gasteiger partial charge in [0, 0.05) is 6.61 Å². The van der Waals surface area contributed by atoms with Crippen molar-refractivity contribution >= 4 is 0 Å². The predicted octanol–water partition coefficient (Wildman–Crippen LogP) is 5.80. The minimum atomic E-state index is -1.89. The first-order chi connectivity index (χ1) is 12.1. The maximum absolute atomic E-state index is 13.7. The van der Waals surface area contributed by atoms with Crippen LogP contribution in [0.25, 0.3) is 0 Å². The SMILES string of the molecule is OCCCC1CCC(C2CCC(C3CC(F)C(F)C(F)C3)CC2)CC1. The minimum Gasteiger partial charge on any atom is -0.396 e. The third-order valence-corrected chi connectivity index (χ3v) is 7.56. The number of alkyl halides is 3. The smallest absolute Gasteiger partial charge is 0.162 e. The Morgan fingerprint density at radius 1 is 0.640 bits per heavy atom. The first-order valence-electron chi connectivity index (χ1n) is 10.6. The Labute approximate surface area is 150 Å². The van der Waals surface area contributed by atoms with Crippen molar-refractivity contribution in [2.24, 2.45) is 29.6 Å². The lowest BCUT2D eigenvalue weighted by Crippen LogP contribution is -2.40. The molecule has 25 heavy (non-hydrogen) atoms. The molecular formula is C21H35F3O. The topological polar surface area (TPSA) is 20.2 Å². The fourth-order valence-corrected chi connectivity index (χ4v) is 5.96. The number of hydrogen-bond acceptors (Lipinski definition) is 1. The maximum Gasteiger partial charge on any atom is 0.162 e. The van der Waals surface area contributed by atoms with Crippen LogP contribution in [0.3, 0.4) is 0 Å². The Hall–Kier alpha value is -0.250. The first-order valence-corrected chi connectivity index (χ1v) is 10.6. The van der Waals surface area contributed by atoms with Crippen LogP contribution in [-0.4, -0.2) is 30.2 Å². The second-order valence-corrected chi connectivity index (χ2v) is 9.03. The summed E-state index contributed by atoms with van der Waals surface area (Å²) in [6.07, 6.45) is 7.27. The molecule has 1 nitrogen and oxygen atoms in total. The molecule has 2 unspecified atom stereocenters. The van der Waals surface area contributed by atoms with Crippen molar-refractivity contribution in [3.8, 4) is 0 Å². The van der Waals surface area contributed by atoms with E-state index in [1.165, 1.54) is 44.9 Å². The molecule has 0 aromatic carbocycles. The average Bonchev–Trinajstić information content (AvgIpc) is 2.64. The van der Waals surface area contributed by atoms with Crippen LogP contribution < -0.4 is 0 Å². The van der Waals surface area contributed by atoms with Gasteiger partial charge in [-0.2, -0.15) is 0 Å². The van der Waals surface area contributed by atoms with Gasteiger partial charge in [-0.3, -0.25) is 0 Å².